The molecule has 0 aliphatic rings. The summed E-state index contributed by atoms with van der Waals surface area (Å²) in [6, 6.07) is 4.25. The Kier molecular flexibility index (Phi) is 5.58. The number of aromatic hydroxyl groups is 1. The van der Waals surface area contributed by atoms with Crippen molar-refractivity contribution in [1.29, 1.82) is 0 Å². The lowest BCUT2D eigenvalue weighted by Crippen LogP contribution is -2.00. The van der Waals surface area contributed by atoms with Crippen molar-refractivity contribution in [3.8, 4) is 16.9 Å². The summed E-state index contributed by atoms with van der Waals surface area (Å²) in [5.74, 6) is 1.18. The Morgan fingerprint density at radius 3 is 2.00 bits per heavy atom. The maximum Gasteiger partial charge on any atom is 0.122 e. The van der Waals surface area contributed by atoms with Crippen LogP contribution in [0, 0.1) is 3.82 Å². The van der Waals surface area contributed by atoms with Gasteiger partial charge in [0.1, 0.15) is 9.57 Å². The Balaban J connectivity index is 2.67. The summed E-state index contributed by atoms with van der Waals surface area (Å²) in [6.45, 7) is 8.66. The van der Waals surface area contributed by atoms with E-state index in [0.29, 0.717) is 17.6 Å². The fraction of sp³-hybridized carbons (Fsp3) is 0.471. The molecule has 1 nitrogen and oxygen atoms in total. The first-order valence-corrected chi connectivity index (χ1v) is 10.1. The van der Waals surface area contributed by atoms with E-state index in [1.807, 2.05) is 0 Å². The van der Waals surface area contributed by atoms with Crippen LogP contribution >= 0.6 is 32.9 Å². The largest absolute Gasteiger partial charge is 0.507 e. The van der Waals surface area contributed by atoms with Crippen molar-refractivity contribution in [3.63, 3.8) is 0 Å². The summed E-state index contributed by atoms with van der Waals surface area (Å²) in [4.78, 5) is 0. The molecule has 0 bridgehead atoms. The van der Waals surface area contributed by atoms with E-state index in [0.717, 1.165) is 38.9 Å². The zero-order chi connectivity index (χ0) is 15.6. The molecule has 0 saturated heterocycles. The number of hydrogen-bond acceptors (Lipinski definition) is 4. The fourth-order valence-corrected chi connectivity index (χ4v) is 4.82. The van der Waals surface area contributed by atoms with Crippen molar-refractivity contribution in [2.45, 2.75) is 52.4 Å². The van der Waals surface area contributed by atoms with Gasteiger partial charge in [0.2, 0.25) is 0 Å². The number of hydrogen-bond donors (Lipinski definition) is 1. The van der Waals surface area contributed by atoms with Crippen molar-refractivity contribution in [1.82, 2.24) is 0 Å². The average molecular weight is 339 g/mol. The third-order valence-electron chi connectivity index (χ3n) is 4.28. The zero-order valence-electron chi connectivity index (χ0n) is 13.0. The van der Waals surface area contributed by atoms with E-state index < -0.39 is 0 Å². The standard InChI is InChI=1S/C17H22OS3/c1-5-10(3)13-7-12(15-9-20-21-17(15)19)8-14(16(13)18)11(4)6-2/h7-11,18H,5-6H2,1-4H3. The van der Waals surface area contributed by atoms with E-state index in [-0.39, 0.29) is 0 Å². The van der Waals surface area contributed by atoms with E-state index in [1.165, 1.54) is 0 Å². The Hall–Kier alpha value is -0.710. The number of phenolic OH excluding ortho intramolecular Hbond substituents is 1. The minimum Gasteiger partial charge on any atom is -0.507 e. The first-order chi connectivity index (χ1) is 9.99. The molecule has 0 aliphatic carbocycles. The van der Waals surface area contributed by atoms with Crippen LogP contribution in [0.3, 0.4) is 0 Å². The topological polar surface area (TPSA) is 20.2 Å². The predicted octanol–water partition coefficient (Wildman–Crippen LogP) is 6.94. The molecule has 0 fully saturated rings. The van der Waals surface area contributed by atoms with Crippen LogP contribution in [0.15, 0.2) is 17.5 Å². The van der Waals surface area contributed by atoms with Gasteiger partial charge in [0.05, 0.1) is 0 Å². The molecule has 0 amide bonds. The summed E-state index contributed by atoms with van der Waals surface area (Å²) in [7, 11) is 3.32. The van der Waals surface area contributed by atoms with Gasteiger partial charge in [-0.15, -0.1) is 0 Å². The van der Waals surface area contributed by atoms with E-state index in [9.17, 15) is 5.11 Å². The highest BCUT2D eigenvalue weighted by molar-refractivity contribution is 7.79. The molecule has 114 valence electrons. The van der Waals surface area contributed by atoms with Gasteiger partial charge in [0.15, 0.2) is 0 Å². The van der Waals surface area contributed by atoms with Crippen molar-refractivity contribution < 1.29 is 5.11 Å². The summed E-state index contributed by atoms with van der Waals surface area (Å²) in [5, 5.41) is 12.8. The third-order valence-corrected chi connectivity index (χ3v) is 6.94. The quantitative estimate of drug-likeness (QED) is 0.470. The minimum absolute atomic E-state index is 0.351. The Morgan fingerprint density at radius 1 is 1.10 bits per heavy atom. The van der Waals surface area contributed by atoms with Gasteiger partial charge in [-0.05, 0) is 53.5 Å². The molecular weight excluding hydrogens is 316 g/mol. The molecule has 0 spiro atoms. The lowest BCUT2D eigenvalue weighted by atomic mass is 9.87. The molecular formula is C17H22OS3. The normalized spacial score (nSPS) is 14.1. The van der Waals surface area contributed by atoms with E-state index in [4.69, 9.17) is 12.2 Å². The highest BCUT2D eigenvalue weighted by atomic mass is 32.9. The zero-order valence-corrected chi connectivity index (χ0v) is 15.4. The van der Waals surface area contributed by atoms with Gasteiger partial charge in [0.25, 0.3) is 0 Å². The molecule has 0 saturated carbocycles. The van der Waals surface area contributed by atoms with E-state index in [1.54, 1.807) is 20.7 Å². The predicted molar refractivity (Wildman–Crippen MR) is 97.5 cm³/mol. The summed E-state index contributed by atoms with van der Waals surface area (Å²) in [5.41, 5.74) is 4.39. The monoisotopic (exact) mass is 338 g/mol. The number of phenols is 1. The van der Waals surface area contributed by atoms with Crippen molar-refractivity contribution in [2.75, 3.05) is 0 Å². The van der Waals surface area contributed by atoms with Gasteiger partial charge in [-0.1, -0.05) is 60.6 Å². The van der Waals surface area contributed by atoms with Crippen LogP contribution in [-0.2, 0) is 0 Å². The second-order valence-corrected chi connectivity index (χ2v) is 8.37. The Bertz CT molecular complexity index is 638. The summed E-state index contributed by atoms with van der Waals surface area (Å²) in [6.07, 6.45) is 2.04. The lowest BCUT2D eigenvalue weighted by Gasteiger charge is -2.19. The minimum atomic E-state index is 0.351. The molecule has 1 aromatic carbocycles. The number of benzene rings is 1. The molecule has 4 heteroatoms. The second kappa shape index (κ2) is 7.03. The van der Waals surface area contributed by atoms with E-state index >= 15 is 0 Å². The first-order valence-electron chi connectivity index (χ1n) is 7.44. The average Bonchev–Trinajstić information content (AvgIpc) is 2.92. The van der Waals surface area contributed by atoms with Crippen LogP contribution in [0.5, 0.6) is 5.75 Å². The number of rotatable bonds is 5. The van der Waals surface area contributed by atoms with Crippen LogP contribution in [0.2, 0.25) is 0 Å². The maximum atomic E-state index is 10.7. The molecule has 0 aliphatic heterocycles. The van der Waals surface area contributed by atoms with Gasteiger partial charge < -0.3 is 5.11 Å². The highest BCUT2D eigenvalue weighted by Gasteiger charge is 2.18. The molecule has 1 heterocycles. The fourth-order valence-electron chi connectivity index (χ4n) is 2.42. The van der Waals surface area contributed by atoms with Crippen LogP contribution in [0.25, 0.3) is 11.1 Å². The SMILES string of the molecule is CCC(C)c1cc(-c2cssc2=S)cc(C(C)CC)c1O. The van der Waals surface area contributed by atoms with Gasteiger partial charge in [-0.25, -0.2) is 0 Å². The molecule has 1 aromatic heterocycles. The van der Waals surface area contributed by atoms with E-state index in [2.05, 4.69) is 45.2 Å². The Labute approximate surface area is 139 Å². The van der Waals surface area contributed by atoms with Crippen LogP contribution < -0.4 is 0 Å². The molecule has 21 heavy (non-hydrogen) atoms. The third kappa shape index (κ3) is 3.38. The van der Waals surface area contributed by atoms with Crippen LogP contribution in [0.4, 0.5) is 0 Å². The van der Waals surface area contributed by atoms with Gasteiger partial charge in [0, 0.05) is 10.9 Å². The van der Waals surface area contributed by atoms with Crippen molar-refractivity contribution >= 4 is 32.9 Å². The van der Waals surface area contributed by atoms with Crippen LogP contribution in [0.1, 0.15) is 63.5 Å². The second-order valence-electron chi connectivity index (χ2n) is 5.62. The van der Waals surface area contributed by atoms with Gasteiger partial charge in [-0.3, -0.25) is 0 Å². The molecule has 0 radical (unpaired) electrons. The highest BCUT2D eigenvalue weighted by Crippen LogP contribution is 2.40. The molecule has 2 aromatic rings. The van der Waals surface area contributed by atoms with Gasteiger partial charge in [-0.2, -0.15) is 0 Å². The summed E-state index contributed by atoms with van der Waals surface area (Å²) >= 11 is 5.44. The molecule has 1 N–H and O–H groups in total. The molecule has 2 unspecified atom stereocenters. The lowest BCUT2D eigenvalue weighted by molar-refractivity contribution is 0.449. The maximum absolute atomic E-state index is 10.7. The Morgan fingerprint density at radius 2 is 1.62 bits per heavy atom. The smallest absolute Gasteiger partial charge is 0.122 e. The van der Waals surface area contributed by atoms with Crippen molar-refractivity contribution in [3.05, 3.63) is 32.5 Å². The summed E-state index contributed by atoms with van der Waals surface area (Å²) < 4.78 is 0.941. The molecule has 2 atom stereocenters. The first kappa shape index (κ1) is 16.7. The van der Waals surface area contributed by atoms with Crippen LogP contribution in [-0.4, -0.2) is 5.11 Å². The molecule has 2 rings (SSSR count). The van der Waals surface area contributed by atoms with Crippen molar-refractivity contribution in [2.24, 2.45) is 0 Å². The van der Waals surface area contributed by atoms with Gasteiger partial charge >= 0.3 is 0 Å².